The molecule has 1 aliphatic carbocycles. The first-order chi connectivity index (χ1) is 7.12. The zero-order valence-electron chi connectivity index (χ0n) is 9.26. The molecule has 1 aliphatic heterocycles. The fourth-order valence-corrected chi connectivity index (χ4v) is 3.26. The van der Waals surface area contributed by atoms with Crippen LogP contribution in [0.2, 0.25) is 5.02 Å². The van der Waals surface area contributed by atoms with Crippen LogP contribution in [-0.4, -0.2) is 25.0 Å². The van der Waals surface area contributed by atoms with E-state index in [0.717, 1.165) is 10.9 Å². The van der Waals surface area contributed by atoms with Gasteiger partial charge in [-0.2, -0.15) is 0 Å². The minimum atomic E-state index is 0.450. The molecule has 1 heterocycles. The van der Waals surface area contributed by atoms with Gasteiger partial charge in [0.15, 0.2) is 0 Å². The number of likely N-dealkylation sites (tertiary alicyclic amines) is 1. The van der Waals surface area contributed by atoms with Gasteiger partial charge in [-0.15, -0.1) is 0 Å². The molecule has 3 rings (SSSR count). The van der Waals surface area contributed by atoms with Crippen molar-refractivity contribution < 1.29 is 0 Å². The molecule has 2 unspecified atom stereocenters. The largest absolute Gasteiger partial charge is 0.305 e. The van der Waals surface area contributed by atoms with E-state index in [9.17, 15) is 0 Å². The highest BCUT2D eigenvalue weighted by Gasteiger charge is 2.59. The molecule has 0 radical (unpaired) electrons. The normalized spacial score (nSPS) is 34.2. The molecule has 1 aromatic carbocycles. The van der Waals surface area contributed by atoms with E-state index in [4.69, 9.17) is 11.6 Å². The number of likely N-dealkylation sites (N-methyl/N-ethyl adjacent to an activating group) is 1. The van der Waals surface area contributed by atoms with Gasteiger partial charge in [0.05, 0.1) is 0 Å². The molecule has 80 valence electrons. The van der Waals surface area contributed by atoms with Crippen molar-refractivity contribution in [2.45, 2.75) is 18.8 Å². The lowest BCUT2D eigenvalue weighted by Gasteiger charge is -2.17. The van der Waals surface area contributed by atoms with Crippen LogP contribution in [0.15, 0.2) is 18.2 Å². The summed E-state index contributed by atoms with van der Waals surface area (Å²) in [5.74, 6) is 0.876. The second-order valence-corrected chi connectivity index (χ2v) is 5.63. The van der Waals surface area contributed by atoms with Crippen LogP contribution < -0.4 is 0 Å². The summed E-state index contributed by atoms with van der Waals surface area (Å²) in [4.78, 5) is 2.43. The molecule has 0 spiro atoms. The summed E-state index contributed by atoms with van der Waals surface area (Å²) in [6, 6.07) is 6.59. The second-order valence-electron chi connectivity index (χ2n) is 5.22. The quantitative estimate of drug-likeness (QED) is 0.705. The van der Waals surface area contributed by atoms with E-state index >= 15 is 0 Å². The Morgan fingerprint density at radius 3 is 2.87 bits per heavy atom. The van der Waals surface area contributed by atoms with Gasteiger partial charge < -0.3 is 4.90 Å². The smallest absolute Gasteiger partial charge is 0.0438 e. The highest BCUT2D eigenvalue weighted by Crippen LogP contribution is 2.58. The van der Waals surface area contributed by atoms with E-state index in [1.807, 2.05) is 0 Å². The number of halogens is 1. The van der Waals surface area contributed by atoms with Crippen molar-refractivity contribution in [1.29, 1.82) is 0 Å². The maximum absolute atomic E-state index is 6.20. The average molecular weight is 222 g/mol. The van der Waals surface area contributed by atoms with Crippen LogP contribution in [-0.2, 0) is 5.41 Å². The molecule has 1 aromatic rings. The van der Waals surface area contributed by atoms with Crippen LogP contribution in [0.1, 0.15) is 17.5 Å². The van der Waals surface area contributed by atoms with Gasteiger partial charge in [0, 0.05) is 23.5 Å². The molecular formula is C13H16ClN. The van der Waals surface area contributed by atoms with Gasteiger partial charge in [0.25, 0.3) is 0 Å². The molecule has 2 fully saturated rings. The Hall–Kier alpha value is -0.530. The summed E-state index contributed by atoms with van der Waals surface area (Å²) in [6.07, 6.45) is 1.36. The van der Waals surface area contributed by atoms with Crippen LogP contribution in [0, 0.1) is 12.8 Å². The zero-order chi connectivity index (χ0) is 10.6. The lowest BCUT2D eigenvalue weighted by molar-refractivity contribution is 0.363. The third-order valence-corrected chi connectivity index (χ3v) is 4.47. The lowest BCUT2D eigenvalue weighted by Crippen LogP contribution is -2.22. The Morgan fingerprint density at radius 2 is 2.27 bits per heavy atom. The van der Waals surface area contributed by atoms with Crippen molar-refractivity contribution in [3.05, 3.63) is 34.3 Å². The van der Waals surface area contributed by atoms with Gasteiger partial charge in [0.2, 0.25) is 0 Å². The first kappa shape index (κ1) is 9.68. The minimum Gasteiger partial charge on any atom is -0.305 e. The van der Waals surface area contributed by atoms with Crippen LogP contribution in [0.5, 0.6) is 0 Å². The number of hydrogen-bond donors (Lipinski definition) is 0. The number of rotatable bonds is 1. The van der Waals surface area contributed by atoms with Crippen LogP contribution in [0.4, 0.5) is 0 Å². The molecule has 1 nitrogen and oxygen atoms in total. The Kier molecular flexibility index (Phi) is 1.93. The van der Waals surface area contributed by atoms with Crippen LogP contribution in [0.3, 0.4) is 0 Å². The van der Waals surface area contributed by atoms with Gasteiger partial charge in [-0.1, -0.05) is 23.7 Å². The number of piperidine rings is 1. The van der Waals surface area contributed by atoms with E-state index in [0.29, 0.717) is 5.41 Å². The van der Waals surface area contributed by atoms with Crippen LogP contribution in [0.25, 0.3) is 0 Å². The summed E-state index contributed by atoms with van der Waals surface area (Å²) in [5, 5.41) is 0.919. The number of benzene rings is 1. The maximum atomic E-state index is 6.20. The molecule has 0 N–H and O–H groups in total. The molecule has 0 amide bonds. The third-order valence-electron chi connectivity index (χ3n) is 4.06. The van der Waals surface area contributed by atoms with Crippen molar-refractivity contribution in [1.82, 2.24) is 4.90 Å². The summed E-state index contributed by atoms with van der Waals surface area (Å²) in [7, 11) is 2.21. The monoisotopic (exact) mass is 221 g/mol. The topological polar surface area (TPSA) is 3.24 Å². The van der Waals surface area contributed by atoms with Crippen molar-refractivity contribution in [2.24, 2.45) is 5.92 Å². The standard InChI is InChI=1S/C13H16ClN/c1-9-3-4-10(5-12(9)14)13-6-11(13)7-15(2)8-13/h3-5,11H,6-8H2,1-2H3. The average Bonchev–Trinajstić information content (AvgIpc) is 2.75. The van der Waals surface area contributed by atoms with E-state index in [1.165, 1.54) is 30.6 Å². The number of fused-ring (bicyclic) bond motifs is 1. The molecule has 1 saturated heterocycles. The predicted molar refractivity (Wildman–Crippen MR) is 63.5 cm³/mol. The van der Waals surface area contributed by atoms with Gasteiger partial charge in [-0.25, -0.2) is 0 Å². The Balaban J connectivity index is 1.97. The fraction of sp³-hybridized carbons (Fsp3) is 0.538. The van der Waals surface area contributed by atoms with Gasteiger partial charge in [-0.05, 0) is 43.5 Å². The molecule has 2 aliphatic rings. The zero-order valence-corrected chi connectivity index (χ0v) is 10.0. The lowest BCUT2D eigenvalue weighted by atomic mass is 9.94. The predicted octanol–water partition coefficient (Wildman–Crippen LogP) is 2.85. The molecule has 2 heteroatoms. The summed E-state index contributed by atoms with van der Waals surface area (Å²) in [6.45, 7) is 4.53. The van der Waals surface area contributed by atoms with Gasteiger partial charge in [-0.3, -0.25) is 0 Å². The van der Waals surface area contributed by atoms with E-state index in [1.54, 1.807) is 0 Å². The van der Waals surface area contributed by atoms with E-state index in [-0.39, 0.29) is 0 Å². The van der Waals surface area contributed by atoms with E-state index < -0.39 is 0 Å². The molecule has 15 heavy (non-hydrogen) atoms. The first-order valence-electron chi connectivity index (χ1n) is 5.57. The summed E-state index contributed by atoms with van der Waals surface area (Å²) in [5.41, 5.74) is 3.08. The van der Waals surface area contributed by atoms with Crippen molar-refractivity contribution >= 4 is 11.6 Å². The number of nitrogens with zero attached hydrogens (tertiary/aromatic N) is 1. The molecular weight excluding hydrogens is 206 g/mol. The second kappa shape index (κ2) is 2.99. The van der Waals surface area contributed by atoms with E-state index in [2.05, 4.69) is 37.1 Å². The fourth-order valence-electron chi connectivity index (χ4n) is 3.08. The maximum Gasteiger partial charge on any atom is 0.0438 e. The van der Waals surface area contributed by atoms with Gasteiger partial charge in [0.1, 0.15) is 0 Å². The third kappa shape index (κ3) is 1.33. The van der Waals surface area contributed by atoms with Crippen LogP contribution >= 0.6 is 11.6 Å². The molecule has 0 bridgehead atoms. The van der Waals surface area contributed by atoms with Crippen molar-refractivity contribution in [3.8, 4) is 0 Å². The Morgan fingerprint density at radius 1 is 1.47 bits per heavy atom. The highest BCUT2D eigenvalue weighted by molar-refractivity contribution is 6.31. The van der Waals surface area contributed by atoms with Crippen molar-refractivity contribution in [2.75, 3.05) is 20.1 Å². The molecule has 1 saturated carbocycles. The molecule has 2 atom stereocenters. The number of aryl methyl sites for hydroxylation is 1. The van der Waals surface area contributed by atoms with Crippen molar-refractivity contribution in [3.63, 3.8) is 0 Å². The highest BCUT2D eigenvalue weighted by atomic mass is 35.5. The van der Waals surface area contributed by atoms with Gasteiger partial charge >= 0.3 is 0 Å². The minimum absolute atomic E-state index is 0.450. The summed E-state index contributed by atoms with van der Waals surface area (Å²) >= 11 is 6.20. The Labute approximate surface area is 96.0 Å². The summed E-state index contributed by atoms with van der Waals surface area (Å²) < 4.78 is 0. The first-order valence-corrected chi connectivity index (χ1v) is 5.95. The number of hydrogen-bond acceptors (Lipinski definition) is 1. The SMILES string of the molecule is Cc1ccc(C23CC2CN(C)C3)cc1Cl. The Bertz CT molecular complexity index is 415. The molecule has 0 aromatic heterocycles.